The predicted molar refractivity (Wildman–Crippen MR) is 83.1 cm³/mol. The summed E-state index contributed by atoms with van der Waals surface area (Å²) in [4.78, 5) is 4.55. The molecule has 0 bridgehead atoms. The van der Waals surface area contributed by atoms with Crippen molar-refractivity contribution in [2.75, 3.05) is 5.32 Å². The number of anilines is 1. The normalized spacial score (nSPS) is 10.4. The molecule has 3 aromatic rings. The Labute approximate surface area is 125 Å². The van der Waals surface area contributed by atoms with E-state index in [0.717, 1.165) is 16.2 Å². The number of thiazole rings is 1. The van der Waals surface area contributed by atoms with E-state index in [2.05, 4.69) is 16.4 Å². The molecular weight excluding hydrogens is 290 g/mol. The summed E-state index contributed by atoms with van der Waals surface area (Å²) in [5.74, 6) is 0. The molecule has 0 fully saturated rings. The van der Waals surface area contributed by atoms with E-state index in [1.54, 1.807) is 23.5 Å². The van der Waals surface area contributed by atoms with Gasteiger partial charge in [0.1, 0.15) is 11.1 Å². The van der Waals surface area contributed by atoms with Gasteiger partial charge in [0.05, 0.1) is 27.3 Å². The zero-order valence-electron chi connectivity index (χ0n) is 10.4. The van der Waals surface area contributed by atoms with Gasteiger partial charge in [-0.2, -0.15) is 5.26 Å². The van der Waals surface area contributed by atoms with Crippen LogP contribution < -0.4 is 5.32 Å². The van der Waals surface area contributed by atoms with E-state index >= 15 is 0 Å². The summed E-state index contributed by atoms with van der Waals surface area (Å²) in [5, 5.41) is 13.6. The van der Waals surface area contributed by atoms with Gasteiger partial charge in [-0.15, -0.1) is 11.3 Å². The fourth-order valence-corrected chi connectivity index (χ4v) is 3.02. The van der Waals surface area contributed by atoms with Crippen LogP contribution in [0.3, 0.4) is 0 Å². The van der Waals surface area contributed by atoms with Crippen LogP contribution in [0, 0.1) is 11.3 Å². The summed E-state index contributed by atoms with van der Waals surface area (Å²) < 4.78 is 1.18. The Balaban J connectivity index is 1.76. The highest BCUT2D eigenvalue weighted by molar-refractivity contribution is 7.18. The van der Waals surface area contributed by atoms with E-state index in [9.17, 15) is 0 Å². The SMILES string of the molecule is N#Cc1ccc(NCc2nc3ccccc3s2)cc1Cl. The molecule has 1 heterocycles. The van der Waals surface area contributed by atoms with Crippen LogP contribution in [-0.4, -0.2) is 4.98 Å². The number of nitriles is 1. The van der Waals surface area contributed by atoms with Gasteiger partial charge in [-0.25, -0.2) is 4.98 Å². The molecule has 0 saturated heterocycles. The molecule has 0 atom stereocenters. The van der Waals surface area contributed by atoms with Crippen molar-refractivity contribution in [2.45, 2.75) is 6.54 Å². The first-order valence-corrected chi connectivity index (χ1v) is 7.24. The number of hydrogen-bond acceptors (Lipinski definition) is 4. The van der Waals surface area contributed by atoms with E-state index in [1.807, 2.05) is 30.3 Å². The highest BCUT2D eigenvalue weighted by Crippen LogP contribution is 2.24. The summed E-state index contributed by atoms with van der Waals surface area (Å²) >= 11 is 7.67. The maximum Gasteiger partial charge on any atom is 0.113 e. The van der Waals surface area contributed by atoms with Crippen LogP contribution in [0.1, 0.15) is 10.6 Å². The van der Waals surface area contributed by atoms with Gasteiger partial charge in [-0.1, -0.05) is 23.7 Å². The lowest BCUT2D eigenvalue weighted by Crippen LogP contribution is -1.98. The summed E-state index contributed by atoms with van der Waals surface area (Å²) in [6.07, 6.45) is 0. The van der Waals surface area contributed by atoms with Crippen LogP contribution in [0.25, 0.3) is 10.2 Å². The smallest absolute Gasteiger partial charge is 0.113 e. The van der Waals surface area contributed by atoms with Crippen molar-refractivity contribution in [3.8, 4) is 6.07 Å². The first-order valence-electron chi connectivity index (χ1n) is 6.04. The van der Waals surface area contributed by atoms with Crippen LogP contribution in [-0.2, 0) is 6.54 Å². The lowest BCUT2D eigenvalue weighted by atomic mass is 10.2. The molecule has 3 rings (SSSR count). The quantitative estimate of drug-likeness (QED) is 0.778. The Morgan fingerprint density at radius 3 is 2.85 bits per heavy atom. The minimum Gasteiger partial charge on any atom is -0.378 e. The average Bonchev–Trinajstić information content (AvgIpc) is 2.88. The van der Waals surface area contributed by atoms with Gasteiger partial charge in [-0.05, 0) is 30.3 Å². The maximum atomic E-state index is 8.83. The van der Waals surface area contributed by atoms with Gasteiger partial charge in [-0.3, -0.25) is 0 Å². The van der Waals surface area contributed by atoms with E-state index in [0.29, 0.717) is 17.1 Å². The number of rotatable bonds is 3. The lowest BCUT2D eigenvalue weighted by molar-refractivity contribution is 1.12. The minimum atomic E-state index is 0.460. The Morgan fingerprint density at radius 2 is 2.10 bits per heavy atom. The highest BCUT2D eigenvalue weighted by Gasteiger charge is 2.04. The standard InChI is InChI=1S/C15H10ClN3S/c16-12-7-11(6-5-10(12)8-17)18-9-15-19-13-3-1-2-4-14(13)20-15/h1-7,18H,9H2. The third kappa shape index (κ3) is 2.60. The van der Waals surface area contributed by atoms with Crippen molar-refractivity contribution >= 4 is 38.8 Å². The topological polar surface area (TPSA) is 48.7 Å². The second-order valence-electron chi connectivity index (χ2n) is 4.24. The molecular formula is C15H10ClN3S. The maximum absolute atomic E-state index is 8.83. The molecule has 2 aromatic carbocycles. The second kappa shape index (κ2) is 5.49. The average molecular weight is 300 g/mol. The molecule has 3 nitrogen and oxygen atoms in total. The molecule has 0 spiro atoms. The monoisotopic (exact) mass is 299 g/mol. The molecule has 1 aromatic heterocycles. The highest BCUT2D eigenvalue weighted by atomic mass is 35.5. The molecule has 0 radical (unpaired) electrons. The Kier molecular flexibility index (Phi) is 3.55. The Bertz CT molecular complexity index is 771. The lowest BCUT2D eigenvalue weighted by Gasteiger charge is -2.05. The molecule has 0 aliphatic carbocycles. The fraction of sp³-hybridized carbons (Fsp3) is 0.0667. The van der Waals surface area contributed by atoms with Gasteiger partial charge in [0.2, 0.25) is 0 Å². The van der Waals surface area contributed by atoms with E-state index < -0.39 is 0 Å². The van der Waals surface area contributed by atoms with Crippen LogP contribution in [0.15, 0.2) is 42.5 Å². The van der Waals surface area contributed by atoms with E-state index in [1.165, 1.54) is 4.70 Å². The van der Waals surface area contributed by atoms with Gasteiger partial charge in [0.15, 0.2) is 0 Å². The van der Waals surface area contributed by atoms with Gasteiger partial charge in [0.25, 0.3) is 0 Å². The number of aromatic nitrogens is 1. The van der Waals surface area contributed by atoms with E-state index in [-0.39, 0.29) is 0 Å². The van der Waals surface area contributed by atoms with Gasteiger partial charge < -0.3 is 5.32 Å². The third-order valence-electron chi connectivity index (χ3n) is 2.87. The molecule has 0 saturated carbocycles. The number of benzene rings is 2. The van der Waals surface area contributed by atoms with Gasteiger partial charge >= 0.3 is 0 Å². The number of nitrogens with zero attached hydrogens (tertiary/aromatic N) is 2. The Hall–Kier alpha value is -2.09. The predicted octanol–water partition coefficient (Wildman–Crippen LogP) is 4.43. The molecule has 5 heteroatoms. The zero-order chi connectivity index (χ0) is 13.9. The minimum absolute atomic E-state index is 0.460. The third-order valence-corrected chi connectivity index (χ3v) is 4.22. The number of fused-ring (bicyclic) bond motifs is 1. The van der Waals surface area contributed by atoms with Crippen molar-refractivity contribution in [1.29, 1.82) is 5.26 Å². The largest absolute Gasteiger partial charge is 0.378 e. The number of nitrogens with one attached hydrogen (secondary N) is 1. The van der Waals surface area contributed by atoms with Crippen LogP contribution >= 0.6 is 22.9 Å². The second-order valence-corrected chi connectivity index (χ2v) is 5.76. The number of halogens is 1. The van der Waals surface area contributed by atoms with Crippen molar-refractivity contribution in [2.24, 2.45) is 0 Å². The fourth-order valence-electron chi connectivity index (χ4n) is 1.89. The van der Waals surface area contributed by atoms with Gasteiger partial charge in [0, 0.05) is 5.69 Å². The first kappa shape index (κ1) is 12.9. The molecule has 0 unspecified atom stereocenters. The summed E-state index contributed by atoms with van der Waals surface area (Å²) in [6.45, 7) is 0.640. The molecule has 20 heavy (non-hydrogen) atoms. The van der Waals surface area contributed by atoms with Crippen molar-refractivity contribution in [3.63, 3.8) is 0 Å². The summed E-state index contributed by atoms with van der Waals surface area (Å²) in [6, 6.07) is 15.4. The van der Waals surface area contributed by atoms with Crippen molar-refractivity contribution < 1.29 is 0 Å². The molecule has 98 valence electrons. The zero-order valence-corrected chi connectivity index (χ0v) is 12.0. The van der Waals surface area contributed by atoms with Crippen LogP contribution in [0.2, 0.25) is 5.02 Å². The Morgan fingerprint density at radius 1 is 1.25 bits per heavy atom. The van der Waals surface area contributed by atoms with Crippen molar-refractivity contribution in [3.05, 3.63) is 58.1 Å². The molecule has 0 aliphatic heterocycles. The molecule has 0 aliphatic rings. The summed E-state index contributed by atoms with van der Waals surface area (Å²) in [5.41, 5.74) is 2.39. The number of hydrogen-bond donors (Lipinski definition) is 1. The molecule has 0 amide bonds. The first-order chi connectivity index (χ1) is 9.76. The molecule has 1 N–H and O–H groups in total. The summed E-state index contributed by atoms with van der Waals surface area (Å²) in [7, 11) is 0. The van der Waals surface area contributed by atoms with Crippen molar-refractivity contribution in [1.82, 2.24) is 4.98 Å². The number of para-hydroxylation sites is 1. The van der Waals surface area contributed by atoms with E-state index in [4.69, 9.17) is 16.9 Å². The van der Waals surface area contributed by atoms with Crippen LogP contribution in [0.4, 0.5) is 5.69 Å². The van der Waals surface area contributed by atoms with Crippen LogP contribution in [0.5, 0.6) is 0 Å².